The van der Waals surface area contributed by atoms with Crippen molar-refractivity contribution >= 4 is 44.2 Å². The molecule has 3 heterocycles. The first-order valence-electron chi connectivity index (χ1n) is 9.30. The number of hydrogen-bond acceptors (Lipinski definition) is 6. The summed E-state index contributed by atoms with van der Waals surface area (Å²) in [5, 5.41) is 1.17. The number of nitrogens with zero attached hydrogens (tertiary/aromatic N) is 3. The lowest BCUT2D eigenvalue weighted by molar-refractivity contribution is -0.118. The highest BCUT2D eigenvalue weighted by Crippen LogP contribution is 2.35. The SMILES string of the molecule is O=C(Cc1ccc2c(c1)OCO2)N(Cc1cccnc1)c1nc2c(Cl)cccc2s1. The zero-order valence-electron chi connectivity index (χ0n) is 15.7. The van der Waals surface area contributed by atoms with Gasteiger partial charge in [-0.15, -0.1) is 0 Å². The van der Waals surface area contributed by atoms with Crippen molar-refractivity contribution in [3.63, 3.8) is 0 Å². The molecular formula is C22H16ClN3O3S. The molecule has 1 aliphatic rings. The Balaban J connectivity index is 1.48. The molecule has 0 saturated carbocycles. The van der Waals surface area contributed by atoms with Crippen LogP contribution >= 0.6 is 22.9 Å². The van der Waals surface area contributed by atoms with Crippen molar-refractivity contribution < 1.29 is 14.3 Å². The zero-order chi connectivity index (χ0) is 20.5. The first kappa shape index (κ1) is 18.8. The van der Waals surface area contributed by atoms with Gasteiger partial charge in [0.25, 0.3) is 0 Å². The molecule has 0 atom stereocenters. The van der Waals surface area contributed by atoms with E-state index in [0.717, 1.165) is 15.8 Å². The van der Waals surface area contributed by atoms with Crippen LogP contribution < -0.4 is 14.4 Å². The first-order valence-corrected chi connectivity index (χ1v) is 10.5. The molecular weight excluding hydrogens is 422 g/mol. The number of rotatable bonds is 5. The fraction of sp³-hybridized carbons (Fsp3) is 0.136. The summed E-state index contributed by atoms with van der Waals surface area (Å²) in [6, 6.07) is 15.0. The second kappa shape index (κ2) is 7.93. The van der Waals surface area contributed by atoms with E-state index >= 15 is 0 Å². The highest BCUT2D eigenvalue weighted by Gasteiger charge is 2.22. The van der Waals surface area contributed by atoms with E-state index in [1.165, 1.54) is 11.3 Å². The van der Waals surface area contributed by atoms with Gasteiger partial charge in [0.1, 0.15) is 5.52 Å². The summed E-state index contributed by atoms with van der Waals surface area (Å²) in [5.74, 6) is 1.28. The number of benzene rings is 2. The third-order valence-electron chi connectivity index (χ3n) is 4.75. The van der Waals surface area contributed by atoms with E-state index in [2.05, 4.69) is 9.97 Å². The first-order chi connectivity index (χ1) is 14.7. The Labute approximate surface area is 181 Å². The molecule has 150 valence electrons. The third-order valence-corrected chi connectivity index (χ3v) is 6.09. The van der Waals surface area contributed by atoms with Crippen molar-refractivity contribution in [3.8, 4) is 11.5 Å². The van der Waals surface area contributed by atoms with Gasteiger partial charge in [0.2, 0.25) is 12.7 Å². The number of ether oxygens (including phenoxy) is 2. The van der Waals surface area contributed by atoms with Gasteiger partial charge in [-0.2, -0.15) is 0 Å². The second-order valence-corrected chi connectivity index (χ2v) is 8.20. The van der Waals surface area contributed by atoms with Crippen LogP contribution in [0.25, 0.3) is 10.2 Å². The zero-order valence-corrected chi connectivity index (χ0v) is 17.3. The lowest BCUT2D eigenvalue weighted by Gasteiger charge is -2.20. The van der Waals surface area contributed by atoms with Crippen LogP contribution in [0.4, 0.5) is 5.13 Å². The van der Waals surface area contributed by atoms with E-state index in [-0.39, 0.29) is 19.1 Å². The minimum atomic E-state index is -0.0760. The summed E-state index contributed by atoms with van der Waals surface area (Å²) in [6.45, 7) is 0.570. The standard InChI is InChI=1S/C22H16ClN3O3S/c23-16-4-1-5-19-21(16)25-22(30-19)26(12-15-3-2-8-24-11-15)20(27)10-14-6-7-17-18(9-14)29-13-28-17/h1-9,11H,10,12-13H2. The molecule has 2 aromatic heterocycles. The smallest absolute Gasteiger partial charge is 0.233 e. The van der Waals surface area contributed by atoms with Gasteiger partial charge in [-0.1, -0.05) is 41.1 Å². The Kier molecular flexibility index (Phi) is 4.98. The molecule has 6 nitrogen and oxygen atoms in total. The average molecular weight is 438 g/mol. The monoisotopic (exact) mass is 437 g/mol. The maximum Gasteiger partial charge on any atom is 0.233 e. The van der Waals surface area contributed by atoms with Crippen molar-refractivity contribution in [3.05, 3.63) is 77.1 Å². The topological polar surface area (TPSA) is 64.6 Å². The van der Waals surface area contributed by atoms with Gasteiger partial charge in [-0.05, 0) is 41.5 Å². The van der Waals surface area contributed by atoms with Crippen LogP contribution in [-0.2, 0) is 17.8 Å². The van der Waals surface area contributed by atoms with Crippen LogP contribution in [-0.4, -0.2) is 22.7 Å². The van der Waals surface area contributed by atoms with Crippen LogP contribution in [0.5, 0.6) is 11.5 Å². The summed E-state index contributed by atoms with van der Waals surface area (Å²) in [4.78, 5) is 23.8. The number of thiazole rings is 1. The molecule has 0 spiro atoms. The van der Waals surface area contributed by atoms with Gasteiger partial charge < -0.3 is 9.47 Å². The lowest BCUT2D eigenvalue weighted by Crippen LogP contribution is -2.31. The predicted octanol–water partition coefficient (Wildman–Crippen LogP) is 4.85. The van der Waals surface area contributed by atoms with Gasteiger partial charge in [0, 0.05) is 12.4 Å². The molecule has 1 aliphatic heterocycles. The van der Waals surface area contributed by atoms with Gasteiger partial charge in [-0.3, -0.25) is 14.7 Å². The lowest BCUT2D eigenvalue weighted by atomic mass is 10.1. The molecule has 0 N–H and O–H groups in total. The number of para-hydroxylation sites is 1. The van der Waals surface area contributed by atoms with Crippen molar-refractivity contribution in [2.45, 2.75) is 13.0 Å². The van der Waals surface area contributed by atoms with Crippen LogP contribution in [0.1, 0.15) is 11.1 Å². The van der Waals surface area contributed by atoms with Gasteiger partial charge in [-0.25, -0.2) is 4.98 Å². The summed E-state index contributed by atoms with van der Waals surface area (Å²) in [6.07, 6.45) is 3.67. The van der Waals surface area contributed by atoms with Crippen LogP contribution in [0.3, 0.4) is 0 Å². The van der Waals surface area contributed by atoms with Gasteiger partial charge in [0.05, 0.1) is 22.7 Å². The number of halogens is 1. The number of anilines is 1. The quantitative estimate of drug-likeness (QED) is 0.446. The Morgan fingerprint density at radius 3 is 2.83 bits per heavy atom. The minimum absolute atomic E-state index is 0.0760. The Bertz CT molecular complexity index is 1230. The van der Waals surface area contributed by atoms with Crippen LogP contribution in [0.2, 0.25) is 5.02 Å². The van der Waals surface area contributed by atoms with Crippen LogP contribution in [0.15, 0.2) is 60.9 Å². The Morgan fingerprint density at radius 2 is 2.00 bits per heavy atom. The van der Waals surface area contributed by atoms with Crippen molar-refractivity contribution in [2.24, 2.45) is 0 Å². The molecule has 0 aliphatic carbocycles. The number of fused-ring (bicyclic) bond motifs is 2. The summed E-state index contributed by atoms with van der Waals surface area (Å²) < 4.78 is 11.7. The molecule has 0 bridgehead atoms. The molecule has 0 fully saturated rings. The Hall–Kier alpha value is -3.16. The number of amides is 1. The van der Waals surface area contributed by atoms with Crippen molar-refractivity contribution in [1.82, 2.24) is 9.97 Å². The predicted molar refractivity (Wildman–Crippen MR) is 116 cm³/mol. The maximum absolute atomic E-state index is 13.3. The van der Waals surface area contributed by atoms with E-state index in [1.54, 1.807) is 23.4 Å². The van der Waals surface area contributed by atoms with E-state index in [0.29, 0.717) is 33.7 Å². The van der Waals surface area contributed by atoms with Gasteiger partial charge >= 0.3 is 0 Å². The molecule has 4 aromatic rings. The highest BCUT2D eigenvalue weighted by atomic mass is 35.5. The summed E-state index contributed by atoms with van der Waals surface area (Å²) in [5.41, 5.74) is 2.47. The number of aromatic nitrogens is 2. The Morgan fingerprint density at radius 1 is 1.10 bits per heavy atom. The molecule has 5 rings (SSSR count). The molecule has 0 unspecified atom stereocenters. The van der Waals surface area contributed by atoms with Gasteiger partial charge in [0.15, 0.2) is 16.6 Å². The average Bonchev–Trinajstić information content (AvgIpc) is 3.40. The van der Waals surface area contributed by atoms with E-state index < -0.39 is 0 Å². The summed E-state index contributed by atoms with van der Waals surface area (Å²) in [7, 11) is 0. The molecule has 8 heteroatoms. The van der Waals surface area contributed by atoms with Crippen molar-refractivity contribution in [2.75, 3.05) is 11.7 Å². The number of carbonyl (C=O) groups excluding carboxylic acids is 1. The second-order valence-electron chi connectivity index (χ2n) is 6.79. The molecule has 1 amide bonds. The molecule has 2 aromatic carbocycles. The number of carbonyl (C=O) groups is 1. The largest absolute Gasteiger partial charge is 0.454 e. The van der Waals surface area contributed by atoms with E-state index in [9.17, 15) is 4.79 Å². The van der Waals surface area contributed by atoms with Crippen molar-refractivity contribution in [1.29, 1.82) is 0 Å². The number of hydrogen-bond donors (Lipinski definition) is 0. The molecule has 0 radical (unpaired) electrons. The minimum Gasteiger partial charge on any atom is -0.454 e. The maximum atomic E-state index is 13.3. The normalized spacial score (nSPS) is 12.3. The molecule has 30 heavy (non-hydrogen) atoms. The number of pyridine rings is 1. The fourth-order valence-electron chi connectivity index (χ4n) is 3.28. The third kappa shape index (κ3) is 3.69. The van der Waals surface area contributed by atoms with E-state index in [1.807, 2.05) is 42.5 Å². The fourth-order valence-corrected chi connectivity index (χ4v) is 4.56. The van der Waals surface area contributed by atoms with E-state index in [4.69, 9.17) is 21.1 Å². The highest BCUT2D eigenvalue weighted by molar-refractivity contribution is 7.22. The summed E-state index contributed by atoms with van der Waals surface area (Å²) >= 11 is 7.75. The molecule has 0 saturated heterocycles. The van der Waals surface area contributed by atoms with Crippen LogP contribution in [0, 0.1) is 0 Å².